The standard InChI is InChI=1S/C12H22N4O3/c1-3-5-9(6-4-2)12(17)16-7-10(14-18)13-11(8-16)15-19/h9,18-19H,3-8H2,1-2H3,(H,13,14,15). The molecule has 0 saturated carbocycles. The smallest absolute Gasteiger partial charge is 0.226 e. The molecule has 19 heavy (non-hydrogen) atoms. The van der Waals surface area contributed by atoms with Crippen LogP contribution in [0, 0.1) is 5.92 Å². The van der Waals surface area contributed by atoms with Crippen LogP contribution < -0.4 is 5.48 Å². The average Bonchev–Trinajstić information content (AvgIpc) is 2.45. The molecule has 0 fully saturated rings. The molecule has 0 radical (unpaired) electrons. The predicted molar refractivity (Wildman–Crippen MR) is 71.5 cm³/mol. The molecule has 108 valence electrons. The van der Waals surface area contributed by atoms with Gasteiger partial charge in [-0.05, 0) is 12.8 Å². The number of carbonyl (C=O) groups excluding carboxylic acids is 1. The Balaban J connectivity index is 2.78. The fraction of sp³-hybridized carbons (Fsp3) is 0.750. The Morgan fingerprint density at radius 1 is 1.42 bits per heavy atom. The molecule has 0 aromatic carbocycles. The number of hydrogen-bond acceptors (Lipinski definition) is 5. The monoisotopic (exact) mass is 270 g/mol. The number of nitrogens with zero attached hydrogens (tertiary/aromatic N) is 3. The van der Waals surface area contributed by atoms with Crippen LogP contribution >= 0.6 is 0 Å². The Morgan fingerprint density at radius 2 is 2.05 bits per heavy atom. The fourth-order valence-corrected chi connectivity index (χ4v) is 2.25. The van der Waals surface area contributed by atoms with Crippen molar-refractivity contribution in [2.24, 2.45) is 16.1 Å². The van der Waals surface area contributed by atoms with Crippen LogP contribution in [0.5, 0.6) is 0 Å². The van der Waals surface area contributed by atoms with E-state index in [4.69, 9.17) is 10.4 Å². The fourth-order valence-electron chi connectivity index (χ4n) is 2.25. The lowest BCUT2D eigenvalue weighted by Gasteiger charge is -2.29. The third-order valence-electron chi connectivity index (χ3n) is 3.12. The van der Waals surface area contributed by atoms with Gasteiger partial charge in [0, 0.05) is 5.92 Å². The second-order valence-electron chi connectivity index (χ2n) is 4.66. The first kappa shape index (κ1) is 15.4. The minimum absolute atomic E-state index is 0.0204. The summed E-state index contributed by atoms with van der Waals surface area (Å²) in [7, 11) is 0. The molecule has 0 aromatic heterocycles. The molecule has 3 N–H and O–H groups in total. The lowest BCUT2D eigenvalue weighted by atomic mass is 9.96. The van der Waals surface area contributed by atoms with Crippen LogP contribution in [0.4, 0.5) is 0 Å². The molecule has 1 amide bonds. The maximum atomic E-state index is 12.4. The highest BCUT2D eigenvalue weighted by Gasteiger charge is 2.28. The Morgan fingerprint density at radius 3 is 2.53 bits per heavy atom. The summed E-state index contributed by atoms with van der Waals surface area (Å²) < 4.78 is 0. The minimum atomic E-state index is -0.0204. The summed E-state index contributed by atoms with van der Waals surface area (Å²) in [6, 6.07) is 0. The largest absolute Gasteiger partial charge is 0.409 e. The molecule has 0 spiro atoms. The van der Waals surface area contributed by atoms with E-state index in [1.54, 1.807) is 4.90 Å². The van der Waals surface area contributed by atoms with E-state index in [2.05, 4.69) is 24.0 Å². The van der Waals surface area contributed by atoms with Gasteiger partial charge in [0.1, 0.15) is 5.84 Å². The highest BCUT2D eigenvalue weighted by molar-refractivity contribution is 6.03. The first-order chi connectivity index (χ1) is 9.15. The summed E-state index contributed by atoms with van der Waals surface area (Å²) in [6.45, 7) is 4.48. The van der Waals surface area contributed by atoms with Crippen molar-refractivity contribution in [1.82, 2.24) is 10.4 Å². The summed E-state index contributed by atoms with van der Waals surface area (Å²) in [5.41, 5.74) is 1.92. The van der Waals surface area contributed by atoms with Gasteiger partial charge in [-0.25, -0.2) is 4.99 Å². The molecule has 1 aliphatic rings. The Bertz CT molecular complexity index is 362. The van der Waals surface area contributed by atoms with Crippen molar-refractivity contribution in [3.05, 3.63) is 0 Å². The van der Waals surface area contributed by atoms with Crippen LogP contribution in [0.1, 0.15) is 39.5 Å². The molecule has 7 nitrogen and oxygen atoms in total. The molecule has 1 rings (SSSR count). The van der Waals surface area contributed by atoms with Crippen molar-refractivity contribution >= 4 is 17.6 Å². The summed E-state index contributed by atoms with van der Waals surface area (Å²) in [5.74, 6) is 0.322. The zero-order chi connectivity index (χ0) is 14.3. The maximum Gasteiger partial charge on any atom is 0.226 e. The Labute approximate surface area is 113 Å². The number of carbonyl (C=O) groups is 1. The number of amidine groups is 2. The van der Waals surface area contributed by atoms with Gasteiger partial charge in [-0.2, -0.15) is 0 Å². The van der Waals surface area contributed by atoms with Crippen molar-refractivity contribution in [2.75, 3.05) is 13.1 Å². The molecular weight excluding hydrogens is 248 g/mol. The van der Waals surface area contributed by atoms with Gasteiger partial charge in [0.05, 0.1) is 13.1 Å². The van der Waals surface area contributed by atoms with Crippen LogP contribution in [-0.4, -0.2) is 46.0 Å². The van der Waals surface area contributed by atoms with E-state index in [0.717, 1.165) is 25.7 Å². The number of hydrogen-bond donors (Lipinski definition) is 3. The molecule has 0 bridgehead atoms. The van der Waals surface area contributed by atoms with E-state index < -0.39 is 0 Å². The molecule has 0 aliphatic carbocycles. The third-order valence-corrected chi connectivity index (χ3v) is 3.12. The first-order valence-corrected chi connectivity index (χ1v) is 6.63. The zero-order valence-electron chi connectivity index (χ0n) is 11.5. The van der Waals surface area contributed by atoms with Crippen LogP contribution in [0.3, 0.4) is 0 Å². The number of nitrogens with one attached hydrogen (secondary N) is 1. The zero-order valence-corrected chi connectivity index (χ0v) is 11.5. The highest BCUT2D eigenvalue weighted by atomic mass is 16.5. The normalized spacial score (nSPS) is 17.8. The summed E-state index contributed by atoms with van der Waals surface area (Å²) in [5, 5.41) is 20.7. The van der Waals surface area contributed by atoms with E-state index in [0.29, 0.717) is 0 Å². The van der Waals surface area contributed by atoms with E-state index >= 15 is 0 Å². The lowest BCUT2D eigenvalue weighted by Crippen LogP contribution is -2.48. The van der Waals surface area contributed by atoms with Crippen molar-refractivity contribution in [3.8, 4) is 0 Å². The van der Waals surface area contributed by atoms with Gasteiger partial charge in [-0.15, -0.1) is 0 Å². The van der Waals surface area contributed by atoms with E-state index in [9.17, 15) is 4.79 Å². The first-order valence-electron chi connectivity index (χ1n) is 6.63. The molecular formula is C12H22N4O3. The molecule has 0 unspecified atom stereocenters. The maximum absolute atomic E-state index is 12.4. The van der Waals surface area contributed by atoms with Gasteiger partial charge in [-0.3, -0.25) is 15.5 Å². The molecule has 7 heteroatoms. The van der Waals surface area contributed by atoms with Gasteiger partial charge in [0.25, 0.3) is 0 Å². The number of oxime groups is 1. The average molecular weight is 270 g/mol. The van der Waals surface area contributed by atoms with Crippen LogP contribution in [-0.2, 0) is 4.79 Å². The van der Waals surface area contributed by atoms with Crippen molar-refractivity contribution in [3.63, 3.8) is 0 Å². The van der Waals surface area contributed by atoms with E-state index in [1.807, 2.05) is 5.48 Å². The second kappa shape index (κ2) is 7.73. The van der Waals surface area contributed by atoms with Gasteiger partial charge in [0.15, 0.2) is 5.84 Å². The van der Waals surface area contributed by atoms with E-state index in [-0.39, 0.29) is 36.6 Å². The van der Waals surface area contributed by atoms with Gasteiger partial charge in [-0.1, -0.05) is 31.8 Å². The van der Waals surface area contributed by atoms with Crippen molar-refractivity contribution in [1.29, 1.82) is 0 Å². The van der Waals surface area contributed by atoms with Crippen molar-refractivity contribution in [2.45, 2.75) is 39.5 Å². The van der Waals surface area contributed by atoms with Crippen LogP contribution in [0.2, 0.25) is 0 Å². The Hall–Kier alpha value is -1.63. The molecule has 0 aromatic rings. The molecule has 1 aliphatic heterocycles. The Kier molecular flexibility index (Phi) is 6.27. The quantitative estimate of drug-likeness (QED) is 0.516. The number of hydroxylamine groups is 1. The van der Waals surface area contributed by atoms with Crippen molar-refractivity contribution < 1.29 is 15.2 Å². The molecule has 1 heterocycles. The number of aliphatic imine (C=N–C) groups is 1. The van der Waals surface area contributed by atoms with Crippen LogP contribution in [0.25, 0.3) is 0 Å². The second-order valence-corrected chi connectivity index (χ2v) is 4.66. The lowest BCUT2D eigenvalue weighted by molar-refractivity contribution is -0.134. The summed E-state index contributed by atoms with van der Waals surface area (Å²) in [4.78, 5) is 17.8. The minimum Gasteiger partial charge on any atom is -0.409 e. The number of amides is 1. The summed E-state index contributed by atoms with van der Waals surface area (Å²) in [6.07, 6.45) is 3.58. The van der Waals surface area contributed by atoms with Gasteiger partial charge >= 0.3 is 0 Å². The topological polar surface area (TPSA) is 97.5 Å². The van der Waals surface area contributed by atoms with E-state index in [1.165, 1.54) is 0 Å². The predicted octanol–water partition coefficient (Wildman–Crippen LogP) is 1.21. The third kappa shape index (κ3) is 4.20. The highest BCUT2D eigenvalue weighted by Crippen LogP contribution is 2.17. The molecule has 0 saturated heterocycles. The summed E-state index contributed by atoms with van der Waals surface area (Å²) >= 11 is 0. The van der Waals surface area contributed by atoms with Gasteiger partial charge < -0.3 is 10.1 Å². The van der Waals surface area contributed by atoms with Gasteiger partial charge in [0.2, 0.25) is 5.91 Å². The SMILES string of the molecule is CCCC(CCC)C(=O)N1CC(=NO)N=C(NO)C1. The van der Waals surface area contributed by atoms with Crippen LogP contribution in [0.15, 0.2) is 10.1 Å². The number of rotatable bonds is 5. The molecule has 0 atom stereocenters.